The predicted octanol–water partition coefficient (Wildman–Crippen LogP) is 2.22. The first kappa shape index (κ1) is 14.0. The Morgan fingerprint density at radius 2 is 2.00 bits per heavy atom. The number of rotatable bonds is 3. The number of hydrogen-bond donors (Lipinski definition) is 1. The van der Waals surface area contributed by atoms with Crippen molar-refractivity contribution in [1.29, 1.82) is 5.26 Å². The highest BCUT2D eigenvalue weighted by atomic mass is 15.1. The third kappa shape index (κ3) is 2.77. The molecule has 2 aliphatic carbocycles. The molecule has 0 radical (unpaired) electrons. The van der Waals surface area contributed by atoms with E-state index in [1.165, 1.54) is 12.8 Å². The first-order valence-electron chi connectivity index (χ1n) is 7.56. The molecule has 21 heavy (non-hydrogen) atoms. The zero-order chi connectivity index (χ0) is 14.8. The average molecular weight is 283 g/mol. The molecule has 110 valence electrons. The summed E-state index contributed by atoms with van der Waals surface area (Å²) in [6.45, 7) is 0. The largest absolute Gasteiger partial charge is 0.367 e. The van der Waals surface area contributed by atoms with Gasteiger partial charge < -0.3 is 10.2 Å². The molecule has 0 aliphatic heterocycles. The van der Waals surface area contributed by atoms with E-state index >= 15 is 0 Å². The maximum atomic E-state index is 9.23. The summed E-state index contributed by atoms with van der Waals surface area (Å²) in [5.41, 5.74) is 2.58. The van der Waals surface area contributed by atoms with Gasteiger partial charge in [-0.3, -0.25) is 0 Å². The summed E-state index contributed by atoms with van der Waals surface area (Å²) in [7, 11) is 4.30. The van der Waals surface area contributed by atoms with Gasteiger partial charge in [0, 0.05) is 18.5 Å². The van der Waals surface area contributed by atoms with E-state index in [1.807, 2.05) is 6.08 Å². The maximum absolute atomic E-state index is 9.23. The Morgan fingerprint density at radius 3 is 2.67 bits per heavy atom. The maximum Gasteiger partial charge on any atom is 0.138 e. The summed E-state index contributed by atoms with van der Waals surface area (Å²) in [4.78, 5) is 11.0. The number of fused-ring (bicyclic) bond motifs is 1. The standard InChI is InChI=1S/C16H21N5/c1-21(2)13-6-4-12(5-7-13)20-16-15-11(9-17)3-8-14(15)18-10-19-16/h3,10,12-13H,4-8H2,1-2H3,(H,18,19,20). The van der Waals surface area contributed by atoms with Gasteiger partial charge in [-0.05, 0) is 39.8 Å². The van der Waals surface area contributed by atoms with Crippen LogP contribution in [-0.4, -0.2) is 41.0 Å². The second-order valence-corrected chi connectivity index (χ2v) is 6.09. The lowest BCUT2D eigenvalue weighted by Crippen LogP contribution is -2.36. The Labute approximate surface area is 125 Å². The van der Waals surface area contributed by atoms with Crippen molar-refractivity contribution in [2.45, 2.75) is 44.2 Å². The Balaban J connectivity index is 1.72. The predicted molar refractivity (Wildman–Crippen MR) is 82.7 cm³/mol. The topological polar surface area (TPSA) is 64.8 Å². The summed E-state index contributed by atoms with van der Waals surface area (Å²) >= 11 is 0. The Hall–Kier alpha value is -1.93. The Kier molecular flexibility index (Phi) is 3.89. The van der Waals surface area contributed by atoms with Crippen LogP contribution in [0.2, 0.25) is 0 Å². The minimum absolute atomic E-state index is 0.445. The van der Waals surface area contributed by atoms with Crippen molar-refractivity contribution < 1.29 is 0 Å². The number of nitrogens with zero attached hydrogens (tertiary/aromatic N) is 4. The van der Waals surface area contributed by atoms with Crippen molar-refractivity contribution in [1.82, 2.24) is 14.9 Å². The number of nitriles is 1. The van der Waals surface area contributed by atoms with E-state index in [2.05, 4.69) is 40.3 Å². The Morgan fingerprint density at radius 1 is 1.24 bits per heavy atom. The number of anilines is 1. The van der Waals surface area contributed by atoms with Crippen molar-refractivity contribution in [2.75, 3.05) is 19.4 Å². The van der Waals surface area contributed by atoms with E-state index in [4.69, 9.17) is 0 Å². The molecule has 0 saturated heterocycles. The molecule has 5 nitrogen and oxygen atoms in total. The summed E-state index contributed by atoms with van der Waals surface area (Å²) in [6, 6.07) is 3.39. The molecule has 2 aliphatic rings. The van der Waals surface area contributed by atoms with Gasteiger partial charge in [-0.15, -0.1) is 0 Å². The van der Waals surface area contributed by atoms with E-state index in [-0.39, 0.29) is 0 Å². The van der Waals surface area contributed by atoms with Crippen LogP contribution in [0.25, 0.3) is 5.57 Å². The van der Waals surface area contributed by atoms with Gasteiger partial charge in [0.2, 0.25) is 0 Å². The molecule has 0 bridgehead atoms. The summed E-state index contributed by atoms with van der Waals surface area (Å²) in [5.74, 6) is 0.832. The van der Waals surface area contributed by atoms with Crippen molar-refractivity contribution >= 4 is 11.4 Å². The minimum Gasteiger partial charge on any atom is -0.367 e. The van der Waals surface area contributed by atoms with Crippen LogP contribution in [0.4, 0.5) is 5.82 Å². The highest BCUT2D eigenvalue weighted by molar-refractivity contribution is 5.86. The molecule has 0 amide bonds. The average Bonchev–Trinajstić information content (AvgIpc) is 2.92. The van der Waals surface area contributed by atoms with Crippen LogP contribution in [0.1, 0.15) is 36.9 Å². The SMILES string of the molecule is CN(C)C1CCC(Nc2ncnc3c2C(C#N)=CC3)CC1. The van der Waals surface area contributed by atoms with Crippen LogP contribution in [0.15, 0.2) is 12.4 Å². The molecular weight excluding hydrogens is 262 g/mol. The van der Waals surface area contributed by atoms with E-state index in [1.54, 1.807) is 6.33 Å². The second-order valence-electron chi connectivity index (χ2n) is 6.09. The van der Waals surface area contributed by atoms with Gasteiger partial charge in [-0.25, -0.2) is 9.97 Å². The number of nitrogens with one attached hydrogen (secondary N) is 1. The molecule has 1 aromatic rings. The molecule has 1 N–H and O–H groups in total. The second kappa shape index (κ2) is 5.82. The van der Waals surface area contributed by atoms with Gasteiger partial charge in [0.1, 0.15) is 12.1 Å². The van der Waals surface area contributed by atoms with Crippen molar-refractivity contribution in [3.8, 4) is 6.07 Å². The Bertz CT molecular complexity index is 591. The van der Waals surface area contributed by atoms with Crippen LogP contribution < -0.4 is 5.32 Å². The normalized spacial score (nSPS) is 24.4. The fourth-order valence-corrected chi connectivity index (χ4v) is 3.30. The van der Waals surface area contributed by atoms with Gasteiger partial charge in [0.15, 0.2) is 0 Å². The first-order valence-corrected chi connectivity index (χ1v) is 7.56. The number of aromatic nitrogens is 2. The summed E-state index contributed by atoms with van der Waals surface area (Å²) in [6.07, 6.45) is 8.98. The lowest BCUT2D eigenvalue weighted by Gasteiger charge is -2.33. The zero-order valence-electron chi connectivity index (χ0n) is 12.6. The van der Waals surface area contributed by atoms with Gasteiger partial charge in [-0.1, -0.05) is 6.08 Å². The molecule has 1 heterocycles. The third-order valence-corrected chi connectivity index (χ3v) is 4.58. The fourth-order valence-electron chi connectivity index (χ4n) is 3.30. The minimum atomic E-state index is 0.445. The third-order valence-electron chi connectivity index (χ3n) is 4.58. The lowest BCUT2D eigenvalue weighted by atomic mass is 9.90. The van der Waals surface area contributed by atoms with Crippen molar-refractivity contribution in [3.05, 3.63) is 23.7 Å². The van der Waals surface area contributed by atoms with E-state index in [0.29, 0.717) is 17.7 Å². The molecule has 1 saturated carbocycles. The quantitative estimate of drug-likeness (QED) is 0.921. The van der Waals surface area contributed by atoms with E-state index in [9.17, 15) is 5.26 Å². The van der Waals surface area contributed by atoms with E-state index < -0.39 is 0 Å². The summed E-state index contributed by atoms with van der Waals surface area (Å²) < 4.78 is 0. The van der Waals surface area contributed by atoms with Crippen molar-refractivity contribution in [2.24, 2.45) is 0 Å². The van der Waals surface area contributed by atoms with Gasteiger partial charge in [0.05, 0.1) is 22.9 Å². The molecule has 0 spiro atoms. The van der Waals surface area contributed by atoms with Crippen LogP contribution in [0, 0.1) is 11.3 Å². The molecule has 0 aromatic carbocycles. The van der Waals surface area contributed by atoms with Crippen LogP contribution >= 0.6 is 0 Å². The molecule has 0 unspecified atom stereocenters. The zero-order valence-corrected chi connectivity index (χ0v) is 12.6. The highest BCUT2D eigenvalue weighted by Gasteiger charge is 2.25. The van der Waals surface area contributed by atoms with Crippen LogP contribution in [0.3, 0.4) is 0 Å². The fraction of sp³-hybridized carbons (Fsp3) is 0.562. The molecule has 1 fully saturated rings. The molecule has 0 atom stereocenters. The van der Waals surface area contributed by atoms with Gasteiger partial charge in [-0.2, -0.15) is 5.26 Å². The molecule has 5 heteroatoms. The number of allylic oxidation sites excluding steroid dienone is 2. The smallest absolute Gasteiger partial charge is 0.138 e. The number of hydrogen-bond acceptors (Lipinski definition) is 5. The van der Waals surface area contributed by atoms with E-state index in [0.717, 1.165) is 36.3 Å². The van der Waals surface area contributed by atoms with Gasteiger partial charge >= 0.3 is 0 Å². The molecule has 1 aromatic heterocycles. The van der Waals surface area contributed by atoms with Crippen LogP contribution in [-0.2, 0) is 6.42 Å². The van der Waals surface area contributed by atoms with Crippen molar-refractivity contribution in [3.63, 3.8) is 0 Å². The van der Waals surface area contributed by atoms with Gasteiger partial charge in [0.25, 0.3) is 0 Å². The lowest BCUT2D eigenvalue weighted by molar-refractivity contribution is 0.221. The first-order chi connectivity index (χ1) is 10.2. The monoisotopic (exact) mass is 283 g/mol. The molecule has 3 rings (SSSR count). The summed E-state index contributed by atoms with van der Waals surface area (Å²) in [5, 5.41) is 12.8. The van der Waals surface area contributed by atoms with Crippen LogP contribution in [0.5, 0.6) is 0 Å². The molecular formula is C16H21N5. The highest BCUT2D eigenvalue weighted by Crippen LogP contribution is 2.32.